The van der Waals surface area contributed by atoms with Crippen molar-refractivity contribution in [3.05, 3.63) is 78.0 Å². The van der Waals surface area contributed by atoms with Crippen molar-refractivity contribution in [3.63, 3.8) is 0 Å². The summed E-state index contributed by atoms with van der Waals surface area (Å²) in [6.45, 7) is 1.61. The number of fused-ring (bicyclic) bond motifs is 1. The molecule has 3 aromatic rings. The van der Waals surface area contributed by atoms with Crippen molar-refractivity contribution in [1.82, 2.24) is 9.88 Å². The van der Waals surface area contributed by atoms with Gasteiger partial charge in [-0.2, -0.15) is 0 Å². The summed E-state index contributed by atoms with van der Waals surface area (Å²) in [7, 11) is 0. The largest absolute Gasteiger partial charge is 0.454 e. The number of benzene rings is 2. The summed E-state index contributed by atoms with van der Waals surface area (Å²) in [5.74, 6) is 1.05. The van der Waals surface area contributed by atoms with Gasteiger partial charge in [0.15, 0.2) is 11.5 Å². The van der Waals surface area contributed by atoms with Crippen molar-refractivity contribution >= 4 is 29.3 Å². The summed E-state index contributed by atoms with van der Waals surface area (Å²) >= 11 is 1.23. The lowest BCUT2D eigenvalue weighted by molar-refractivity contribution is -0.113. The number of nitrogens with zero attached hydrogens (tertiary/aromatic N) is 2. The van der Waals surface area contributed by atoms with Crippen molar-refractivity contribution in [1.29, 1.82) is 0 Å². The molecule has 1 saturated heterocycles. The van der Waals surface area contributed by atoms with Crippen molar-refractivity contribution in [2.75, 3.05) is 37.6 Å². The van der Waals surface area contributed by atoms with E-state index >= 15 is 0 Å². The second-order valence-electron chi connectivity index (χ2n) is 7.78. The molecule has 2 amide bonds. The molecule has 5 rings (SSSR count). The predicted molar refractivity (Wildman–Crippen MR) is 127 cm³/mol. The molecule has 1 unspecified atom stereocenters. The van der Waals surface area contributed by atoms with E-state index in [4.69, 9.17) is 14.2 Å². The van der Waals surface area contributed by atoms with E-state index in [1.165, 1.54) is 11.8 Å². The van der Waals surface area contributed by atoms with E-state index in [1.807, 2.05) is 30.3 Å². The molecule has 0 bridgehead atoms. The Labute approximate surface area is 201 Å². The van der Waals surface area contributed by atoms with Gasteiger partial charge < -0.3 is 24.4 Å². The van der Waals surface area contributed by atoms with Crippen LogP contribution in [0.5, 0.6) is 11.5 Å². The molecule has 0 aliphatic carbocycles. The number of hydrogen-bond donors (Lipinski definition) is 1. The average Bonchev–Trinajstić information content (AvgIpc) is 3.36. The first kappa shape index (κ1) is 22.2. The molecule has 9 heteroatoms. The lowest BCUT2D eigenvalue weighted by Crippen LogP contribution is -2.42. The van der Waals surface area contributed by atoms with Crippen LogP contribution in [0.4, 0.5) is 5.69 Å². The van der Waals surface area contributed by atoms with Gasteiger partial charge in [0, 0.05) is 24.5 Å². The third kappa shape index (κ3) is 5.00. The first-order valence-corrected chi connectivity index (χ1v) is 11.9. The van der Waals surface area contributed by atoms with Crippen molar-refractivity contribution in [2.45, 2.75) is 11.1 Å². The lowest BCUT2D eigenvalue weighted by Gasteiger charge is -2.33. The number of aromatic nitrogens is 1. The van der Waals surface area contributed by atoms with Crippen molar-refractivity contribution < 1.29 is 23.8 Å². The zero-order valence-electron chi connectivity index (χ0n) is 18.3. The van der Waals surface area contributed by atoms with Crippen LogP contribution in [0.2, 0.25) is 0 Å². The summed E-state index contributed by atoms with van der Waals surface area (Å²) in [6.07, 6.45) is 1.46. The summed E-state index contributed by atoms with van der Waals surface area (Å²) < 4.78 is 16.5. The van der Waals surface area contributed by atoms with Gasteiger partial charge in [0.25, 0.3) is 5.91 Å². The van der Waals surface area contributed by atoms with Crippen LogP contribution in [0, 0.1) is 0 Å². The molecule has 0 saturated carbocycles. The zero-order chi connectivity index (χ0) is 23.3. The van der Waals surface area contributed by atoms with E-state index in [-0.39, 0.29) is 30.5 Å². The first-order valence-electron chi connectivity index (χ1n) is 10.9. The quantitative estimate of drug-likeness (QED) is 0.541. The second kappa shape index (κ2) is 10.1. The monoisotopic (exact) mass is 477 g/mol. The number of amides is 2. The third-order valence-electron chi connectivity index (χ3n) is 5.52. The van der Waals surface area contributed by atoms with Crippen LogP contribution >= 0.6 is 11.8 Å². The molecule has 2 aromatic carbocycles. The van der Waals surface area contributed by atoms with Crippen molar-refractivity contribution in [3.8, 4) is 11.5 Å². The van der Waals surface area contributed by atoms with E-state index in [2.05, 4.69) is 10.3 Å². The third-order valence-corrected chi connectivity index (χ3v) is 6.53. The molecule has 3 heterocycles. The van der Waals surface area contributed by atoms with Crippen LogP contribution in [0.3, 0.4) is 0 Å². The van der Waals surface area contributed by atoms with Gasteiger partial charge >= 0.3 is 0 Å². The molecule has 2 aliphatic heterocycles. The van der Waals surface area contributed by atoms with E-state index in [0.717, 1.165) is 5.56 Å². The van der Waals surface area contributed by atoms with Gasteiger partial charge in [-0.05, 0) is 29.8 Å². The molecule has 0 spiro atoms. The van der Waals surface area contributed by atoms with Gasteiger partial charge in [-0.25, -0.2) is 4.98 Å². The second-order valence-corrected chi connectivity index (χ2v) is 8.75. The summed E-state index contributed by atoms with van der Waals surface area (Å²) in [4.78, 5) is 32.0. The highest BCUT2D eigenvalue weighted by Crippen LogP contribution is 2.34. The molecule has 34 heavy (non-hydrogen) atoms. The number of nitrogens with one attached hydrogen (secondary N) is 1. The number of ether oxygens (including phenoxy) is 3. The van der Waals surface area contributed by atoms with E-state index in [0.29, 0.717) is 47.5 Å². The Balaban J connectivity index is 1.22. The van der Waals surface area contributed by atoms with Gasteiger partial charge in [-0.3, -0.25) is 9.59 Å². The van der Waals surface area contributed by atoms with Crippen LogP contribution in [0.15, 0.2) is 71.9 Å². The van der Waals surface area contributed by atoms with Crippen LogP contribution in [0.25, 0.3) is 0 Å². The van der Waals surface area contributed by atoms with Gasteiger partial charge in [0.2, 0.25) is 12.7 Å². The summed E-state index contributed by atoms with van der Waals surface area (Å²) in [5.41, 5.74) is 2.14. The van der Waals surface area contributed by atoms with Crippen LogP contribution < -0.4 is 14.8 Å². The predicted octanol–water partition coefficient (Wildman–Crippen LogP) is 3.75. The van der Waals surface area contributed by atoms with E-state index in [1.54, 1.807) is 41.4 Å². The summed E-state index contributed by atoms with van der Waals surface area (Å²) in [6, 6.07) is 18.6. The average molecular weight is 478 g/mol. The molecule has 1 aromatic heterocycles. The molecule has 1 atom stereocenters. The van der Waals surface area contributed by atoms with Gasteiger partial charge in [0.1, 0.15) is 11.1 Å². The van der Waals surface area contributed by atoms with Crippen LogP contribution in [0.1, 0.15) is 22.0 Å². The highest BCUT2D eigenvalue weighted by atomic mass is 32.2. The minimum Gasteiger partial charge on any atom is -0.454 e. The highest BCUT2D eigenvalue weighted by molar-refractivity contribution is 8.00. The Morgan fingerprint density at radius 2 is 1.91 bits per heavy atom. The maximum Gasteiger partial charge on any atom is 0.256 e. The first-order chi connectivity index (χ1) is 16.7. The fourth-order valence-electron chi connectivity index (χ4n) is 3.85. The van der Waals surface area contributed by atoms with Crippen LogP contribution in [-0.4, -0.2) is 53.9 Å². The molecule has 8 nitrogen and oxygen atoms in total. The molecular weight excluding hydrogens is 454 g/mol. The Bertz CT molecular complexity index is 1190. The number of rotatable bonds is 6. The number of anilines is 1. The number of morpholine rings is 1. The Kier molecular flexibility index (Phi) is 6.64. The number of carbonyl (C=O) groups excluding carboxylic acids is 2. The number of hydrogen-bond acceptors (Lipinski definition) is 7. The SMILES string of the molecule is O=C(CSc1ncccc1C(=O)N1CCOC(c2ccccc2)C1)Nc1ccc2c(c1)OCO2. The summed E-state index contributed by atoms with van der Waals surface area (Å²) in [5, 5.41) is 3.37. The number of pyridine rings is 1. The molecule has 2 aliphatic rings. The van der Waals surface area contributed by atoms with Crippen molar-refractivity contribution in [2.24, 2.45) is 0 Å². The maximum atomic E-state index is 13.3. The van der Waals surface area contributed by atoms with Gasteiger partial charge in [-0.1, -0.05) is 42.1 Å². The minimum absolute atomic E-state index is 0.113. The maximum absolute atomic E-state index is 13.3. The van der Waals surface area contributed by atoms with E-state index < -0.39 is 0 Å². The lowest BCUT2D eigenvalue weighted by atomic mass is 10.1. The Hall–Kier alpha value is -3.56. The number of thioether (sulfide) groups is 1. The smallest absolute Gasteiger partial charge is 0.256 e. The van der Waals surface area contributed by atoms with E-state index in [9.17, 15) is 9.59 Å². The highest BCUT2D eigenvalue weighted by Gasteiger charge is 2.28. The minimum atomic E-state index is -0.205. The standard InChI is InChI=1S/C25H23N3O5S/c29-23(27-18-8-9-20-21(13-18)33-16-32-20)15-34-24-19(7-4-10-26-24)25(30)28-11-12-31-22(14-28)17-5-2-1-3-6-17/h1-10,13,22H,11-12,14-16H2,(H,27,29). The zero-order valence-corrected chi connectivity index (χ0v) is 19.1. The van der Waals surface area contributed by atoms with Gasteiger partial charge in [-0.15, -0.1) is 0 Å². The topological polar surface area (TPSA) is 90.0 Å². The molecule has 0 radical (unpaired) electrons. The fourth-order valence-corrected chi connectivity index (χ4v) is 4.63. The van der Waals surface area contributed by atoms with Crippen LogP contribution in [-0.2, 0) is 9.53 Å². The number of carbonyl (C=O) groups is 2. The molecular formula is C25H23N3O5S. The molecule has 1 N–H and O–H groups in total. The Morgan fingerprint density at radius 3 is 2.79 bits per heavy atom. The Morgan fingerprint density at radius 1 is 1.06 bits per heavy atom. The molecule has 1 fully saturated rings. The normalized spacial score (nSPS) is 16.8. The molecule has 174 valence electrons. The fraction of sp³-hybridized carbons (Fsp3) is 0.240. The van der Waals surface area contributed by atoms with Gasteiger partial charge in [0.05, 0.1) is 24.5 Å².